The highest BCUT2D eigenvalue weighted by atomic mass is 32.2. The van der Waals surface area contributed by atoms with E-state index in [9.17, 15) is 8.42 Å². The Labute approximate surface area is 126 Å². The summed E-state index contributed by atoms with van der Waals surface area (Å²) < 4.78 is 30.6. The summed E-state index contributed by atoms with van der Waals surface area (Å²) in [4.78, 5) is 2.51. The molecule has 1 aliphatic rings. The molecule has 0 amide bonds. The monoisotopic (exact) mass is 315 g/mol. The van der Waals surface area contributed by atoms with E-state index in [1.807, 2.05) is 0 Å². The van der Waals surface area contributed by atoms with Crippen LogP contribution in [0.1, 0.15) is 31.4 Å². The van der Waals surface area contributed by atoms with Gasteiger partial charge in [-0.2, -0.15) is 0 Å². The zero-order valence-electron chi connectivity index (χ0n) is 12.6. The first-order chi connectivity index (χ1) is 10.1. The Morgan fingerprint density at radius 1 is 1.24 bits per heavy atom. The van der Waals surface area contributed by atoms with Crippen LogP contribution in [0.4, 0.5) is 0 Å². The molecule has 0 unspecified atom stereocenters. The van der Waals surface area contributed by atoms with Crippen molar-refractivity contribution in [1.82, 2.24) is 14.9 Å². The molecule has 1 fully saturated rings. The van der Waals surface area contributed by atoms with Crippen LogP contribution in [0.15, 0.2) is 21.6 Å². The number of rotatable bonds is 8. The van der Waals surface area contributed by atoms with Gasteiger partial charge in [-0.25, -0.2) is 13.1 Å². The van der Waals surface area contributed by atoms with Gasteiger partial charge in [0.25, 0.3) is 10.0 Å². The van der Waals surface area contributed by atoms with Crippen LogP contribution < -0.4 is 10.0 Å². The molecule has 1 aromatic heterocycles. The van der Waals surface area contributed by atoms with Crippen LogP contribution in [0, 0.1) is 0 Å². The molecular formula is C14H25N3O3S. The fourth-order valence-corrected chi connectivity index (χ4v) is 3.19. The van der Waals surface area contributed by atoms with Crippen molar-refractivity contribution >= 4 is 10.0 Å². The zero-order valence-corrected chi connectivity index (χ0v) is 13.4. The lowest BCUT2D eigenvalue weighted by atomic mass is 10.1. The predicted molar refractivity (Wildman–Crippen MR) is 81.6 cm³/mol. The lowest BCUT2D eigenvalue weighted by molar-refractivity contribution is 0.225. The van der Waals surface area contributed by atoms with Crippen LogP contribution in [0.25, 0.3) is 0 Å². The lowest BCUT2D eigenvalue weighted by Crippen LogP contribution is -2.32. The minimum atomic E-state index is -3.48. The number of hydrogen-bond acceptors (Lipinski definition) is 5. The average Bonchev–Trinajstić information content (AvgIpc) is 2.98. The topological polar surface area (TPSA) is 74.6 Å². The number of sulfonamides is 1. The van der Waals surface area contributed by atoms with E-state index >= 15 is 0 Å². The average molecular weight is 315 g/mol. The standard InChI is InChI=1S/C14H25N3O3S/c1-15-21(18,19)14-7-6-13(20-14)12-16-8-5-11-17-9-3-2-4-10-17/h6-7,15-16H,2-5,8-12H2,1H3. The third kappa shape index (κ3) is 5.10. The first-order valence-electron chi connectivity index (χ1n) is 7.57. The van der Waals surface area contributed by atoms with Gasteiger partial charge in [-0.15, -0.1) is 0 Å². The number of nitrogens with zero attached hydrogens (tertiary/aromatic N) is 1. The fourth-order valence-electron chi connectivity index (χ4n) is 2.52. The highest BCUT2D eigenvalue weighted by Crippen LogP contribution is 2.13. The van der Waals surface area contributed by atoms with Crippen molar-refractivity contribution in [3.8, 4) is 0 Å². The number of hydrogen-bond donors (Lipinski definition) is 2. The third-order valence-electron chi connectivity index (χ3n) is 3.75. The normalized spacial score (nSPS) is 17.2. The number of furan rings is 1. The summed E-state index contributed by atoms with van der Waals surface area (Å²) in [5.74, 6) is 0.641. The van der Waals surface area contributed by atoms with Gasteiger partial charge in [-0.1, -0.05) is 6.42 Å². The maximum Gasteiger partial charge on any atom is 0.273 e. The Morgan fingerprint density at radius 2 is 2.00 bits per heavy atom. The summed E-state index contributed by atoms with van der Waals surface area (Å²) in [6.07, 6.45) is 5.11. The third-order valence-corrected chi connectivity index (χ3v) is 5.03. The van der Waals surface area contributed by atoms with Crippen molar-refractivity contribution in [3.63, 3.8) is 0 Å². The van der Waals surface area contributed by atoms with Crippen molar-refractivity contribution in [2.75, 3.05) is 33.2 Å². The summed E-state index contributed by atoms with van der Waals surface area (Å²) in [5, 5.41) is 3.26. The summed E-state index contributed by atoms with van der Waals surface area (Å²) in [7, 11) is -2.11. The predicted octanol–water partition coefficient (Wildman–Crippen LogP) is 1.15. The zero-order chi connectivity index (χ0) is 15.1. The molecule has 0 spiro atoms. The Morgan fingerprint density at radius 3 is 2.71 bits per heavy atom. The SMILES string of the molecule is CNS(=O)(=O)c1ccc(CNCCCN2CCCCC2)o1. The maximum absolute atomic E-state index is 11.5. The molecule has 2 N–H and O–H groups in total. The van der Waals surface area contributed by atoms with Gasteiger partial charge < -0.3 is 14.6 Å². The Bertz CT molecular complexity index is 521. The van der Waals surface area contributed by atoms with Crippen LogP contribution in [0.2, 0.25) is 0 Å². The minimum Gasteiger partial charge on any atom is -0.447 e. The van der Waals surface area contributed by atoms with Gasteiger partial charge >= 0.3 is 0 Å². The molecule has 1 saturated heterocycles. The summed E-state index contributed by atoms with van der Waals surface area (Å²) >= 11 is 0. The van der Waals surface area contributed by atoms with Crippen molar-refractivity contribution < 1.29 is 12.8 Å². The second-order valence-corrected chi connectivity index (χ2v) is 7.18. The quantitative estimate of drug-likeness (QED) is 0.704. The minimum absolute atomic E-state index is 0.0323. The van der Waals surface area contributed by atoms with E-state index in [1.165, 1.54) is 45.5 Å². The van der Waals surface area contributed by atoms with Crippen LogP contribution in [0.5, 0.6) is 0 Å². The van der Waals surface area contributed by atoms with E-state index < -0.39 is 10.0 Å². The summed E-state index contributed by atoms with van der Waals surface area (Å²) in [6.45, 7) is 5.04. The Hall–Kier alpha value is -0.890. The number of likely N-dealkylation sites (tertiary alicyclic amines) is 1. The highest BCUT2D eigenvalue weighted by Gasteiger charge is 2.16. The van der Waals surface area contributed by atoms with Gasteiger partial charge in [0.05, 0.1) is 6.54 Å². The van der Waals surface area contributed by atoms with Crippen molar-refractivity contribution in [3.05, 3.63) is 17.9 Å². The molecule has 7 heteroatoms. The molecule has 0 saturated carbocycles. The van der Waals surface area contributed by atoms with Crippen LogP contribution in [-0.4, -0.2) is 46.5 Å². The van der Waals surface area contributed by atoms with Gasteiger partial charge in [0.2, 0.25) is 5.09 Å². The number of nitrogens with one attached hydrogen (secondary N) is 2. The van der Waals surface area contributed by atoms with E-state index in [1.54, 1.807) is 6.07 Å². The highest BCUT2D eigenvalue weighted by molar-refractivity contribution is 7.89. The van der Waals surface area contributed by atoms with Gasteiger partial charge in [0.15, 0.2) is 0 Å². The van der Waals surface area contributed by atoms with Gasteiger partial charge in [0, 0.05) is 0 Å². The lowest BCUT2D eigenvalue weighted by Gasteiger charge is -2.26. The Kier molecular flexibility index (Phi) is 6.22. The molecule has 1 aromatic rings. The second kappa shape index (κ2) is 7.93. The van der Waals surface area contributed by atoms with Crippen molar-refractivity contribution in [1.29, 1.82) is 0 Å². The molecule has 1 aliphatic heterocycles. The maximum atomic E-state index is 11.5. The molecule has 0 aromatic carbocycles. The molecule has 120 valence electrons. The second-order valence-electron chi connectivity index (χ2n) is 5.36. The molecule has 0 atom stereocenters. The van der Waals surface area contributed by atoms with E-state index in [0.29, 0.717) is 12.3 Å². The number of piperidine rings is 1. The van der Waals surface area contributed by atoms with Crippen molar-refractivity contribution in [2.24, 2.45) is 0 Å². The summed E-state index contributed by atoms with van der Waals surface area (Å²) in [6, 6.07) is 3.18. The van der Waals surface area contributed by atoms with Gasteiger partial charge in [-0.05, 0) is 64.6 Å². The van der Waals surface area contributed by atoms with E-state index in [-0.39, 0.29) is 5.09 Å². The van der Waals surface area contributed by atoms with Gasteiger partial charge in [0.1, 0.15) is 5.76 Å². The fraction of sp³-hybridized carbons (Fsp3) is 0.714. The van der Waals surface area contributed by atoms with Crippen molar-refractivity contribution in [2.45, 2.75) is 37.3 Å². The molecule has 2 rings (SSSR count). The van der Waals surface area contributed by atoms with E-state index in [4.69, 9.17) is 4.42 Å². The largest absolute Gasteiger partial charge is 0.447 e. The molecular weight excluding hydrogens is 290 g/mol. The molecule has 21 heavy (non-hydrogen) atoms. The molecule has 6 nitrogen and oxygen atoms in total. The van der Waals surface area contributed by atoms with Crippen LogP contribution >= 0.6 is 0 Å². The molecule has 2 heterocycles. The van der Waals surface area contributed by atoms with Crippen LogP contribution in [0.3, 0.4) is 0 Å². The summed E-state index contributed by atoms with van der Waals surface area (Å²) in [5.41, 5.74) is 0. The smallest absolute Gasteiger partial charge is 0.273 e. The van der Waals surface area contributed by atoms with E-state index in [2.05, 4.69) is 14.9 Å². The van der Waals surface area contributed by atoms with E-state index in [0.717, 1.165) is 19.5 Å². The van der Waals surface area contributed by atoms with Crippen LogP contribution in [-0.2, 0) is 16.6 Å². The van der Waals surface area contributed by atoms with Gasteiger partial charge in [-0.3, -0.25) is 0 Å². The Balaban J connectivity index is 1.65. The first-order valence-corrected chi connectivity index (χ1v) is 9.05. The molecule has 0 radical (unpaired) electrons. The first kappa shape index (κ1) is 16.5. The molecule has 0 bridgehead atoms. The molecule has 0 aliphatic carbocycles.